The van der Waals surface area contributed by atoms with Crippen molar-refractivity contribution in [2.45, 2.75) is 19.8 Å². The van der Waals surface area contributed by atoms with Gasteiger partial charge in [0.2, 0.25) is 0 Å². The molecule has 2 aromatic heterocycles. The van der Waals surface area contributed by atoms with E-state index in [4.69, 9.17) is 16.7 Å². The third-order valence-corrected chi connectivity index (χ3v) is 3.75. The van der Waals surface area contributed by atoms with E-state index in [0.29, 0.717) is 27.6 Å². The molecule has 0 radical (unpaired) electrons. The van der Waals surface area contributed by atoms with Gasteiger partial charge < -0.3 is 5.11 Å². The summed E-state index contributed by atoms with van der Waals surface area (Å²) in [5, 5.41) is 13.6. The van der Waals surface area contributed by atoms with Crippen LogP contribution in [0.15, 0.2) is 12.1 Å². The van der Waals surface area contributed by atoms with Crippen molar-refractivity contribution in [2.24, 2.45) is 0 Å². The zero-order valence-corrected chi connectivity index (χ0v) is 12.7. The Hall–Kier alpha value is -2.06. The van der Waals surface area contributed by atoms with Crippen LogP contribution in [-0.2, 0) is 0 Å². The molecule has 1 aromatic carbocycles. The average Bonchev–Trinajstić information content (AvgIpc) is 3.04. The number of rotatable bonds is 3. The van der Waals surface area contributed by atoms with Crippen molar-refractivity contribution in [1.82, 2.24) is 23.5 Å². The molecule has 0 amide bonds. The molecule has 2 heterocycles. The number of carboxylic acid groups (broad SMARTS) is 1. The fourth-order valence-electron chi connectivity index (χ4n) is 1.97. The Morgan fingerprint density at radius 3 is 2.81 bits per heavy atom. The van der Waals surface area contributed by atoms with Gasteiger partial charge >= 0.3 is 5.97 Å². The summed E-state index contributed by atoms with van der Waals surface area (Å²) in [5.74, 6) is -0.969. The number of fused-ring (bicyclic) bond motifs is 1. The molecule has 3 aromatic rings. The number of aromatic nitrogens is 5. The molecule has 7 nitrogen and oxygen atoms in total. The van der Waals surface area contributed by atoms with Gasteiger partial charge in [-0.05, 0) is 12.1 Å². The number of carbonyl (C=O) groups is 1. The lowest BCUT2D eigenvalue weighted by Gasteiger charge is -2.10. The summed E-state index contributed by atoms with van der Waals surface area (Å²) in [6.07, 6.45) is 0. The van der Waals surface area contributed by atoms with Crippen molar-refractivity contribution in [1.29, 1.82) is 0 Å². The van der Waals surface area contributed by atoms with Gasteiger partial charge in [0.25, 0.3) is 5.82 Å². The molecule has 0 aliphatic rings. The second kappa shape index (κ2) is 5.05. The third-order valence-electron chi connectivity index (χ3n) is 2.90. The number of carboxylic acids is 1. The minimum atomic E-state index is -1.18. The lowest BCUT2D eigenvalue weighted by Crippen LogP contribution is -2.06. The summed E-state index contributed by atoms with van der Waals surface area (Å²) in [7, 11) is 0. The fraction of sp³-hybridized carbons (Fsp3) is 0.250. The Morgan fingerprint density at radius 2 is 2.14 bits per heavy atom. The van der Waals surface area contributed by atoms with Crippen molar-refractivity contribution in [3.8, 4) is 5.69 Å². The van der Waals surface area contributed by atoms with Crippen LogP contribution in [0.5, 0.6) is 0 Å². The fourth-order valence-corrected chi connectivity index (χ4v) is 2.74. The minimum Gasteiger partial charge on any atom is -0.475 e. The van der Waals surface area contributed by atoms with Gasteiger partial charge in [-0.25, -0.2) is 14.5 Å². The predicted molar refractivity (Wildman–Crippen MR) is 78.4 cm³/mol. The molecule has 0 saturated carbocycles. The van der Waals surface area contributed by atoms with Gasteiger partial charge in [-0.2, -0.15) is 8.75 Å². The van der Waals surface area contributed by atoms with Crippen molar-refractivity contribution >= 4 is 40.3 Å². The summed E-state index contributed by atoms with van der Waals surface area (Å²) in [6, 6.07) is 3.45. The van der Waals surface area contributed by atoms with Gasteiger partial charge in [-0.1, -0.05) is 25.4 Å². The molecule has 0 saturated heterocycles. The highest BCUT2D eigenvalue weighted by molar-refractivity contribution is 7.00. The Bertz CT molecular complexity index is 841. The van der Waals surface area contributed by atoms with E-state index in [1.807, 2.05) is 13.8 Å². The Balaban J connectivity index is 2.34. The van der Waals surface area contributed by atoms with E-state index in [1.54, 1.807) is 12.1 Å². The SMILES string of the molecule is CC(C)c1nc(C(=O)O)nn1-c1c(Cl)ccc2nsnc12. The smallest absolute Gasteiger partial charge is 0.375 e. The van der Waals surface area contributed by atoms with Crippen LogP contribution in [0, 0.1) is 0 Å². The normalized spacial score (nSPS) is 11.4. The first-order chi connectivity index (χ1) is 9.99. The molecule has 0 aliphatic carbocycles. The lowest BCUT2D eigenvalue weighted by atomic mass is 10.2. The quantitative estimate of drug-likeness (QED) is 0.796. The van der Waals surface area contributed by atoms with Crippen LogP contribution in [0.3, 0.4) is 0 Å². The second-order valence-corrected chi connectivity index (χ2v) is 5.63. The summed E-state index contributed by atoms with van der Waals surface area (Å²) in [6.45, 7) is 3.80. The van der Waals surface area contributed by atoms with E-state index in [9.17, 15) is 4.79 Å². The van der Waals surface area contributed by atoms with Gasteiger partial charge in [0.05, 0.1) is 16.8 Å². The molecule has 108 valence electrons. The summed E-state index contributed by atoms with van der Waals surface area (Å²) in [5.41, 5.74) is 1.77. The van der Waals surface area contributed by atoms with Gasteiger partial charge in [-0.3, -0.25) is 0 Å². The molecule has 1 N–H and O–H groups in total. The first-order valence-corrected chi connectivity index (χ1v) is 7.21. The molecular weight excluding hydrogens is 314 g/mol. The standard InChI is InChI=1S/C12H10ClN5O2S/c1-5(2)11-14-10(12(19)20)15-18(11)9-6(13)3-4-7-8(9)17-21-16-7/h3-5H,1-2H3,(H,19,20). The highest BCUT2D eigenvalue weighted by Crippen LogP contribution is 2.30. The Kier molecular flexibility index (Phi) is 3.34. The number of hydrogen-bond donors (Lipinski definition) is 1. The zero-order chi connectivity index (χ0) is 15.1. The molecule has 0 bridgehead atoms. The lowest BCUT2D eigenvalue weighted by molar-refractivity contribution is 0.0683. The predicted octanol–water partition coefficient (Wildman–Crippen LogP) is 2.75. The van der Waals surface area contributed by atoms with Crippen LogP contribution in [-0.4, -0.2) is 34.6 Å². The highest BCUT2D eigenvalue weighted by Gasteiger charge is 2.22. The number of aromatic carboxylic acids is 1. The largest absolute Gasteiger partial charge is 0.475 e. The molecule has 9 heteroatoms. The van der Waals surface area contributed by atoms with E-state index < -0.39 is 5.97 Å². The van der Waals surface area contributed by atoms with Gasteiger partial charge in [-0.15, -0.1) is 5.10 Å². The number of hydrogen-bond acceptors (Lipinski definition) is 6. The monoisotopic (exact) mass is 323 g/mol. The van der Waals surface area contributed by atoms with E-state index in [-0.39, 0.29) is 11.7 Å². The van der Waals surface area contributed by atoms with E-state index in [2.05, 4.69) is 18.8 Å². The van der Waals surface area contributed by atoms with Crippen molar-refractivity contribution < 1.29 is 9.90 Å². The Labute approximate surface area is 128 Å². The molecule has 21 heavy (non-hydrogen) atoms. The first-order valence-electron chi connectivity index (χ1n) is 6.10. The number of halogens is 1. The Morgan fingerprint density at radius 1 is 1.38 bits per heavy atom. The van der Waals surface area contributed by atoms with Gasteiger partial charge in [0, 0.05) is 5.92 Å². The summed E-state index contributed by atoms with van der Waals surface area (Å²) < 4.78 is 9.82. The van der Waals surface area contributed by atoms with Crippen LogP contribution >= 0.6 is 23.3 Å². The van der Waals surface area contributed by atoms with E-state index in [1.165, 1.54) is 4.68 Å². The van der Waals surface area contributed by atoms with Crippen molar-refractivity contribution in [2.75, 3.05) is 0 Å². The third kappa shape index (κ3) is 2.26. The van der Waals surface area contributed by atoms with Gasteiger partial charge in [0.15, 0.2) is 0 Å². The van der Waals surface area contributed by atoms with Crippen molar-refractivity contribution in [3.05, 3.63) is 28.8 Å². The maximum atomic E-state index is 11.1. The second-order valence-electron chi connectivity index (χ2n) is 4.69. The van der Waals surface area contributed by atoms with E-state index >= 15 is 0 Å². The molecule has 3 rings (SSSR count). The topological polar surface area (TPSA) is 93.8 Å². The molecular formula is C12H10ClN5O2S. The van der Waals surface area contributed by atoms with Crippen LogP contribution in [0.2, 0.25) is 5.02 Å². The van der Waals surface area contributed by atoms with Crippen molar-refractivity contribution in [3.63, 3.8) is 0 Å². The molecule has 0 unspecified atom stereocenters. The molecule has 0 atom stereocenters. The molecule has 0 fully saturated rings. The van der Waals surface area contributed by atoms with E-state index in [0.717, 1.165) is 11.7 Å². The summed E-state index contributed by atoms with van der Waals surface area (Å²) >= 11 is 7.32. The van der Waals surface area contributed by atoms with Crippen LogP contribution < -0.4 is 0 Å². The number of benzene rings is 1. The van der Waals surface area contributed by atoms with Crippen LogP contribution in [0.1, 0.15) is 36.2 Å². The van der Waals surface area contributed by atoms with Crippen LogP contribution in [0.25, 0.3) is 16.7 Å². The zero-order valence-electron chi connectivity index (χ0n) is 11.1. The average molecular weight is 324 g/mol. The maximum absolute atomic E-state index is 11.1. The maximum Gasteiger partial charge on any atom is 0.375 e. The summed E-state index contributed by atoms with van der Waals surface area (Å²) in [4.78, 5) is 15.2. The minimum absolute atomic E-state index is 0.0245. The number of nitrogens with zero attached hydrogens (tertiary/aromatic N) is 5. The molecule has 0 aliphatic heterocycles. The van der Waals surface area contributed by atoms with Gasteiger partial charge in [0.1, 0.15) is 22.5 Å². The van der Waals surface area contributed by atoms with Crippen LogP contribution in [0.4, 0.5) is 0 Å². The first kappa shape index (κ1) is 13.9. The molecule has 0 spiro atoms. The highest BCUT2D eigenvalue weighted by atomic mass is 35.5.